The fourth-order valence-electron chi connectivity index (χ4n) is 1.86. The van der Waals surface area contributed by atoms with Crippen molar-refractivity contribution in [1.29, 1.82) is 0 Å². The molecule has 0 atom stereocenters. The maximum absolute atomic E-state index is 5.91. The van der Waals surface area contributed by atoms with Gasteiger partial charge in [0.1, 0.15) is 22.7 Å². The van der Waals surface area contributed by atoms with E-state index < -0.39 is 0 Å². The third kappa shape index (κ3) is 1.83. The highest BCUT2D eigenvalue weighted by Crippen LogP contribution is 2.31. The summed E-state index contributed by atoms with van der Waals surface area (Å²) < 4.78 is 10.6. The molecule has 2 aromatic heterocycles. The lowest BCUT2D eigenvalue weighted by molar-refractivity contribution is 0.415. The molecule has 3 rings (SSSR count). The Morgan fingerprint density at radius 3 is 2.61 bits per heavy atom. The minimum atomic E-state index is 0.457. The lowest BCUT2D eigenvalue weighted by Gasteiger charge is -2.01. The first-order valence-electron chi connectivity index (χ1n) is 5.46. The van der Waals surface area contributed by atoms with Crippen molar-refractivity contribution < 1.29 is 9.15 Å². The summed E-state index contributed by atoms with van der Waals surface area (Å²) >= 11 is 5.91. The Balaban J connectivity index is 2.15. The first-order chi connectivity index (χ1) is 8.78. The highest BCUT2D eigenvalue weighted by Gasteiger charge is 2.10. The Bertz CT molecular complexity index is 689. The zero-order valence-electron chi connectivity index (χ0n) is 9.68. The van der Waals surface area contributed by atoms with Gasteiger partial charge in [-0.2, -0.15) is 0 Å². The van der Waals surface area contributed by atoms with Gasteiger partial charge in [0.25, 0.3) is 0 Å². The average molecular weight is 260 g/mol. The van der Waals surface area contributed by atoms with Crippen molar-refractivity contribution in [3.63, 3.8) is 0 Å². The van der Waals surface area contributed by atoms with Gasteiger partial charge >= 0.3 is 0 Å². The summed E-state index contributed by atoms with van der Waals surface area (Å²) in [6.07, 6.45) is 1.69. The minimum absolute atomic E-state index is 0.457. The molecule has 0 fully saturated rings. The molecule has 2 heterocycles. The van der Waals surface area contributed by atoms with Crippen molar-refractivity contribution in [3.8, 4) is 16.9 Å². The minimum Gasteiger partial charge on any atom is -0.497 e. The maximum atomic E-state index is 5.91. The van der Waals surface area contributed by atoms with E-state index in [1.165, 1.54) is 0 Å². The number of ether oxygens (including phenoxy) is 1. The first kappa shape index (κ1) is 11.1. The fourth-order valence-corrected chi connectivity index (χ4v) is 2.01. The van der Waals surface area contributed by atoms with Crippen LogP contribution >= 0.6 is 11.6 Å². The fraction of sp³-hybridized carbons (Fsp3) is 0.0714. The number of methoxy groups -OCH3 is 1. The number of aromatic nitrogens is 1. The zero-order valence-corrected chi connectivity index (χ0v) is 10.4. The summed E-state index contributed by atoms with van der Waals surface area (Å²) in [4.78, 5) is 4.30. The molecule has 0 saturated heterocycles. The topological polar surface area (TPSA) is 35.3 Å². The Morgan fingerprint density at radius 1 is 1.11 bits per heavy atom. The highest BCUT2D eigenvalue weighted by molar-refractivity contribution is 6.29. The normalized spacial score (nSPS) is 10.8. The van der Waals surface area contributed by atoms with E-state index in [0.717, 1.165) is 28.0 Å². The quantitative estimate of drug-likeness (QED) is 0.648. The van der Waals surface area contributed by atoms with Crippen LogP contribution in [0.3, 0.4) is 0 Å². The molecule has 0 bridgehead atoms. The van der Waals surface area contributed by atoms with Gasteiger partial charge in [-0.05, 0) is 29.8 Å². The standard InChI is InChI=1S/C14H10ClNO2/c1-17-10-4-2-9(3-5-10)11-8-18-12-6-7-13(15)16-14(11)12/h2-8H,1H3. The number of furan rings is 1. The Hall–Kier alpha value is -2.00. The molecule has 18 heavy (non-hydrogen) atoms. The average Bonchev–Trinajstić information content (AvgIpc) is 2.82. The summed E-state index contributed by atoms with van der Waals surface area (Å²) in [5.41, 5.74) is 3.44. The van der Waals surface area contributed by atoms with E-state index >= 15 is 0 Å². The smallest absolute Gasteiger partial charge is 0.153 e. The van der Waals surface area contributed by atoms with Gasteiger partial charge in [0, 0.05) is 5.56 Å². The molecule has 4 heteroatoms. The number of hydrogen-bond donors (Lipinski definition) is 0. The van der Waals surface area contributed by atoms with Crippen LogP contribution in [0.4, 0.5) is 0 Å². The molecule has 3 aromatic rings. The predicted molar refractivity (Wildman–Crippen MR) is 71.0 cm³/mol. The van der Waals surface area contributed by atoms with E-state index in [4.69, 9.17) is 20.8 Å². The van der Waals surface area contributed by atoms with Gasteiger partial charge in [-0.25, -0.2) is 4.98 Å². The van der Waals surface area contributed by atoms with Gasteiger partial charge in [0.2, 0.25) is 0 Å². The van der Waals surface area contributed by atoms with Gasteiger partial charge in [-0.1, -0.05) is 23.7 Å². The number of pyridine rings is 1. The van der Waals surface area contributed by atoms with E-state index in [-0.39, 0.29) is 0 Å². The summed E-state index contributed by atoms with van der Waals surface area (Å²) in [6, 6.07) is 11.3. The molecule has 0 aliphatic heterocycles. The monoisotopic (exact) mass is 259 g/mol. The van der Waals surface area contributed by atoms with Crippen LogP contribution in [0, 0.1) is 0 Å². The van der Waals surface area contributed by atoms with Gasteiger partial charge in [0.15, 0.2) is 5.58 Å². The third-order valence-electron chi connectivity index (χ3n) is 2.78. The molecule has 3 nitrogen and oxygen atoms in total. The van der Waals surface area contributed by atoms with Crippen molar-refractivity contribution in [3.05, 3.63) is 47.8 Å². The van der Waals surface area contributed by atoms with Crippen LogP contribution in [0.1, 0.15) is 0 Å². The Kier molecular flexibility index (Phi) is 2.68. The van der Waals surface area contributed by atoms with Crippen LogP contribution < -0.4 is 4.74 Å². The number of hydrogen-bond acceptors (Lipinski definition) is 3. The number of halogens is 1. The SMILES string of the molecule is COc1ccc(-c2coc3ccc(Cl)nc23)cc1. The molecule has 0 spiro atoms. The molecular formula is C14H10ClNO2. The Labute approximate surface area is 109 Å². The third-order valence-corrected chi connectivity index (χ3v) is 2.99. The van der Waals surface area contributed by atoms with Gasteiger partial charge in [0.05, 0.1) is 7.11 Å². The maximum Gasteiger partial charge on any atom is 0.153 e. The second kappa shape index (κ2) is 4.35. The second-order valence-corrected chi connectivity index (χ2v) is 4.25. The van der Waals surface area contributed by atoms with E-state index in [9.17, 15) is 0 Å². The number of rotatable bonds is 2. The molecule has 0 aliphatic carbocycles. The van der Waals surface area contributed by atoms with Crippen molar-refractivity contribution in [2.24, 2.45) is 0 Å². The molecule has 1 aromatic carbocycles. The van der Waals surface area contributed by atoms with Crippen LogP contribution in [0.2, 0.25) is 5.15 Å². The van der Waals surface area contributed by atoms with Gasteiger partial charge < -0.3 is 9.15 Å². The molecule has 0 saturated carbocycles. The first-order valence-corrected chi connectivity index (χ1v) is 5.84. The van der Waals surface area contributed by atoms with Crippen molar-refractivity contribution >= 4 is 22.7 Å². The van der Waals surface area contributed by atoms with Crippen LogP contribution in [0.15, 0.2) is 47.1 Å². The molecule has 0 amide bonds. The molecular weight excluding hydrogens is 250 g/mol. The molecule has 0 aliphatic rings. The summed E-state index contributed by atoms with van der Waals surface area (Å²) in [6.45, 7) is 0. The molecule has 0 unspecified atom stereocenters. The molecule has 0 N–H and O–H groups in total. The van der Waals surface area contributed by atoms with Crippen molar-refractivity contribution in [1.82, 2.24) is 4.98 Å². The van der Waals surface area contributed by atoms with E-state index in [2.05, 4.69) is 4.98 Å². The lowest BCUT2D eigenvalue weighted by Crippen LogP contribution is -1.83. The van der Waals surface area contributed by atoms with Gasteiger partial charge in [-0.3, -0.25) is 0 Å². The molecule has 90 valence electrons. The van der Waals surface area contributed by atoms with Crippen LogP contribution in [-0.4, -0.2) is 12.1 Å². The summed E-state index contributed by atoms with van der Waals surface area (Å²) in [5, 5.41) is 0.457. The predicted octanol–water partition coefficient (Wildman–Crippen LogP) is 4.16. The number of benzene rings is 1. The van der Waals surface area contributed by atoms with E-state index in [1.54, 1.807) is 19.4 Å². The zero-order chi connectivity index (χ0) is 12.5. The largest absolute Gasteiger partial charge is 0.497 e. The van der Waals surface area contributed by atoms with Crippen LogP contribution in [0.5, 0.6) is 5.75 Å². The van der Waals surface area contributed by atoms with Gasteiger partial charge in [-0.15, -0.1) is 0 Å². The number of fused-ring (bicyclic) bond motifs is 1. The van der Waals surface area contributed by atoms with E-state index in [0.29, 0.717) is 5.15 Å². The highest BCUT2D eigenvalue weighted by atomic mass is 35.5. The summed E-state index contributed by atoms with van der Waals surface area (Å²) in [7, 11) is 1.64. The number of nitrogens with zero attached hydrogens (tertiary/aromatic N) is 1. The van der Waals surface area contributed by atoms with E-state index in [1.807, 2.05) is 30.3 Å². The molecule has 0 radical (unpaired) electrons. The van der Waals surface area contributed by atoms with Crippen LogP contribution in [0.25, 0.3) is 22.2 Å². The van der Waals surface area contributed by atoms with Crippen LogP contribution in [-0.2, 0) is 0 Å². The summed E-state index contributed by atoms with van der Waals surface area (Å²) in [5.74, 6) is 0.817. The van der Waals surface area contributed by atoms with Crippen molar-refractivity contribution in [2.75, 3.05) is 7.11 Å². The second-order valence-electron chi connectivity index (χ2n) is 3.86. The Morgan fingerprint density at radius 2 is 1.89 bits per heavy atom. The lowest BCUT2D eigenvalue weighted by atomic mass is 10.1. The van der Waals surface area contributed by atoms with Crippen molar-refractivity contribution in [2.45, 2.75) is 0 Å².